The van der Waals surface area contributed by atoms with Gasteiger partial charge in [-0.05, 0) is 49.4 Å². The Labute approximate surface area is 134 Å². The van der Waals surface area contributed by atoms with Gasteiger partial charge in [0.05, 0.1) is 11.1 Å². The number of aliphatic hydroxyl groups excluding tert-OH is 1. The second-order valence-corrected chi connectivity index (χ2v) is 6.09. The maximum absolute atomic E-state index is 12.1. The number of amides is 1. The highest BCUT2D eigenvalue weighted by molar-refractivity contribution is 6.33. The first-order valence-corrected chi connectivity index (χ1v) is 7.82. The molecule has 4 nitrogen and oxygen atoms in total. The van der Waals surface area contributed by atoms with Crippen molar-refractivity contribution in [1.82, 2.24) is 5.32 Å². The molecule has 1 amide bonds. The van der Waals surface area contributed by atoms with Crippen molar-refractivity contribution in [3.8, 4) is 11.3 Å². The lowest BCUT2D eigenvalue weighted by Crippen LogP contribution is -2.28. The van der Waals surface area contributed by atoms with E-state index in [9.17, 15) is 9.90 Å². The van der Waals surface area contributed by atoms with Crippen molar-refractivity contribution >= 4 is 17.5 Å². The van der Waals surface area contributed by atoms with E-state index < -0.39 is 0 Å². The van der Waals surface area contributed by atoms with Gasteiger partial charge in [-0.3, -0.25) is 4.79 Å². The summed E-state index contributed by atoms with van der Waals surface area (Å²) >= 11 is 6.12. The first kappa shape index (κ1) is 15.1. The minimum atomic E-state index is -0.236. The first-order valence-electron chi connectivity index (χ1n) is 7.44. The van der Waals surface area contributed by atoms with Crippen molar-refractivity contribution in [2.24, 2.45) is 5.92 Å². The molecule has 0 bridgehead atoms. The fraction of sp³-hybridized carbons (Fsp3) is 0.353. The summed E-state index contributed by atoms with van der Waals surface area (Å²) in [6.45, 7) is 0.567. The Hall–Kier alpha value is -1.78. The van der Waals surface area contributed by atoms with Crippen molar-refractivity contribution < 1.29 is 14.3 Å². The van der Waals surface area contributed by atoms with E-state index in [2.05, 4.69) is 5.32 Å². The monoisotopic (exact) mass is 319 g/mol. The molecule has 2 N–H and O–H groups in total. The molecule has 1 aliphatic carbocycles. The molecule has 0 saturated heterocycles. The van der Waals surface area contributed by atoms with Gasteiger partial charge in [-0.2, -0.15) is 0 Å². The van der Waals surface area contributed by atoms with Crippen molar-refractivity contribution in [3.63, 3.8) is 0 Å². The summed E-state index contributed by atoms with van der Waals surface area (Å²) < 4.78 is 5.60. The Morgan fingerprint density at radius 3 is 2.82 bits per heavy atom. The molecule has 116 valence electrons. The zero-order chi connectivity index (χ0) is 15.5. The smallest absolute Gasteiger partial charge is 0.287 e. The van der Waals surface area contributed by atoms with Gasteiger partial charge in [0.25, 0.3) is 5.91 Å². The predicted molar refractivity (Wildman–Crippen MR) is 84.8 cm³/mol. The number of carbonyl (C=O) groups excluding carboxylic acids is 1. The summed E-state index contributed by atoms with van der Waals surface area (Å²) in [4.78, 5) is 12.1. The molecule has 2 atom stereocenters. The lowest BCUT2D eigenvalue weighted by molar-refractivity contribution is 0.0918. The molecular weight excluding hydrogens is 302 g/mol. The topological polar surface area (TPSA) is 62.5 Å². The molecule has 2 aromatic rings. The second kappa shape index (κ2) is 6.55. The summed E-state index contributed by atoms with van der Waals surface area (Å²) in [6.07, 6.45) is 2.29. The van der Waals surface area contributed by atoms with Crippen LogP contribution in [-0.4, -0.2) is 23.7 Å². The number of benzene rings is 1. The molecule has 0 radical (unpaired) electrons. The molecule has 2 unspecified atom stereocenters. The highest BCUT2D eigenvalue weighted by Crippen LogP contribution is 2.29. The number of rotatable bonds is 4. The van der Waals surface area contributed by atoms with Crippen LogP contribution in [0.15, 0.2) is 40.8 Å². The van der Waals surface area contributed by atoms with Gasteiger partial charge in [-0.1, -0.05) is 23.7 Å². The van der Waals surface area contributed by atoms with Gasteiger partial charge in [0.1, 0.15) is 5.76 Å². The standard InChI is InChI=1S/C17H18ClNO3/c18-14-4-2-1-3-13(14)15-7-8-16(22-15)17(21)19-10-11-5-6-12(20)9-11/h1-4,7-8,11-12,20H,5-6,9-10H2,(H,19,21). The van der Waals surface area contributed by atoms with Gasteiger partial charge in [-0.25, -0.2) is 0 Å². The molecule has 1 heterocycles. The minimum Gasteiger partial charge on any atom is -0.451 e. The molecule has 1 aromatic carbocycles. The summed E-state index contributed by atoms with van der Waals surface area (Å²) in [5, 5.41) is 12.9. The van der Waals surface area contributed by atoms with Crippen molar-refractivity contribution in [3.05, 3.63) is 47.2 Å². The maximum atomic E-state index is 12.1. The molecule has 3 rings (SSSR count). The van der Waals surface area contributed by atoms with E-state index in [1.165, 1.54) is 0 Å². The second-order valence-electron chi connectivity index (χ2n) is 5.69. The molecule has 1 fully saturated rings. The van der Waals surface area contributed by atoms with Crippen LogP contribution in [-0.2, 0) is 0 Å². The summed E-state index contributed by atoms with van der Waals surface area (Å²) in [5.41, 5.74) is 0.766. The fourth-order valence-corrected chi connectivity index (χ4v) is 3.05. The van der Waals surface area contributed by atoms with Crippen LogP contribution in [0.4, 0.5) is 0 Å². The average Bonchev–Trinajstić information content (AvgIpc) is 3.14. The van der Waals surface area contributed by atoms with Gasteiger partial charge in [-0.15, -0.1) is 0 Å². The summed E-state index contributed by atoms with van der Waals surface area (Å²) in [6, 6.07) is 10.7. The molecule has 1 saturated carbocycles. The van der Waals surface area contributed by atoms with E-state index in [4.69, 9.17) is 16.0 Å². The van der Waals surface area contributed by atoms with E-state index in [-0.39, 0.29) is 17.8 Å². The molecular formula is C17H18ClNO3. The zero-order valence-electron chi connectivity index (χ0n) is 12.1. The molecule has 0 spiro atoms. The Balaban J connectivity index is 1.63. The van der Waals surface area contributed by atoms with Crippen LogP contribution in [0.2, 0.25) is 5.02 Å². The number of hydrogen-bond donors (Lipinski definition) is 2. The van der Waals surface area contributed by atoms with E-state index in [0.29, 0.717) is 23.2 Å². The number of halogens is 1. The van der Waals surface area contributed by atoms with Crippen LogP contribution in [0.3, 0.4) is 0 Å². The van der Waals surface area contributed by atoms with Crippen LogP contribution >= 0.6 is 11.6 Å². The Kier molecular flexibility index (Phi) is 4.50. The number of hydrogen-bond acceptors (Lipinski definition) is 3. The average molecular weight is 320 g/mol. The fourth-order valence-electron chi connectivity index (χ4n) is 2.82. The van der Waals surface area contributed by atoms with Gasteiger partial charge in [0.15, 0.2) is 5.76 Å². The summed E-state index contributed by atoms with van der Waals surface area (Å²) in [7, 11) is 0. The van der Waals surface area contributed by atoms with Crippen LogP contribution < -0.4 is 5.32 Å². The molecule has 22 heavy (non-hydrogen) atoms. The van der Waals surface area contributed by atoms with Crippen molar-refractivity contribution in [2.45, 2.75) is 25.4 Å². The predicted octanol–water partition coefficient (Wildman–Crippen LogP) is 3.49. The molecule has 1 aromatic heterocycles. The summed E-state index contributed by atoms with van der Waals surface area (Å²) in [5.74, 6) is 0.956. The SMILES string of the molecule is O=C(NCC1CCC(O)C1)c1ccc(-c2ccccc2Cl)o1. The number of carbonyl (C=O) groups is 1. The van der Waals surface area contributed by atoms with Gasteiger partial charge in [0, 0.05) is 12.1 Å². The quantitative estimate of drug-likeness (QED) is 0.906. The Bertz CT molecular complexity index is 667. The van der Waals surface area contributed by atoms with E-state index >= 15 is 0 Å². The molecule has 1 aliphatic rings. The van der Waals surface area contributed by atoms with Crippen LogP contribution in [0.25, 0.3) is 11.3 Å². The van der Waals surface area contributed by atoms with Crippen molar-refractivity contribution in [2.75, 3.05) is 6.54 Å². The highest BCUT2D eigenvalue weighted by Gasteiger charge is 2.23. The lowest BCUT2D eigenvalue weighted by atomic mass is 10.1. The molecule has 5 heteroatoms. The van der Waals surface area contributed by atoms with E-state index in [1.807, 2.05) is 18.2 Å². The first-order chi connectivity index (χ1) is 10.6. The van der Waals surface area contributed by atoms with Gasteiger partial charge >= 0.3 is 0 Å². The third-order valence-corrected chi connectivity index (χ3v) is 4.36. The molecule has 0 aliphatic heterocycles. The minimum absolute atomic E-state index is 0.225. The largest absolute Gasteiger partial charge is 0.451 e. The van der Waals surface area contributed by atoms with E-state index in [0.717, 1.165) is 24.8 Å². The third kappa shape index (κ3) is 3.34. The zero-order valence-corrected chi connectivity index (χ0v) is 12.8. The Morgan fingerprint density at radius 1 is 1.27 bits per heavy atom. The third-order valence-electron chi connectivity index (χ3n) is 4.03. The lowest BCUT2D eigenvalue weighted by Gasteiger charge is -2.09. The van der Waals surface area contributed by atoms with Crippen molar-refractivity contribution in [1.29, 1.82) is 0 Å². The van der Waals surface area contributed by atoms with Crippen LogP contribution in [0, 0.1) is 5.92 Å². The highest BCUT2D eigenvalue weighted by atomic mass is 35.5. The number of furan rings is 1. The normalized spacial score (nSPS) is 21.0. The number of aliphatic hydroxyl groups is 1. The Morgan fingerprint density at radius 2 is 2.09 bits per heavy atom. The van der Waals surface area contributed by atoms with Crippen LogP contribution in [0.5, 0.6) is 0 Å². The number of nitrogens with one attached hydrogen (secondary N) is 1. The van der Waals surface area contributed by atoms with Gasteiger partial charge in [0.2, 0.25) is 0 Å². The van der Waals surface area contributed by atoms with E-state index in [1.54, 1.807) is 18.2 Å². The van der Waals surface area contributed by atoms with Crippen LogP contribution in [0.1, 0.15) is 29.8 Å². The van der Waals surface area contributed by atoms with Gasteiger partial charge < -0.3 is 14.8 Å². The maximum Gasteiger partial charge on any atom is 0.287 e.